The van der Waals surface area contributed by atoms with E-state index in [-0.39, 0.29) is 24.8 Å². The number of aromatic amines is 1. The predicted molar refractivity (Wildman–Crippen MR) is 174 cm³/mol. The highest BCUT2D eigenvalue weighted by atomic mass is 19.1. The van der Waals surface area contributed by atoms with E-state index in [2.05, 4.69) is 15.2 Å². The number of aromatic nitrogens is 3. The molecule has 3 aromatic carbocycles. The Morgan fingerprint density at radius 2 is 1.43 bits per heavy atom. The normalized spacial score (nSPS) is 29.1. The van der Waals surface area contributed by atoms with Gasteiger partial charge in [-0.2, -0.15) is 5.10 Å². The van der Waals surface area contributed by atoms with Crippen LogP contribution in [0.2, 0.25) is 0 Å². The van der Waals surface area contributed by atoms with E-state index >= 15 is 0 Å². The third-order valence-corrected chi connectivity index (χ3v) is 10.1. The SMILES string of the molecule is O=C1C(CC[C@H](O)c2ccc(F)cc2)C(c2ccc(CCC3(O)C(O)C(O)C(O)C(O)C3O)cc2)N1c1ccc(CCc2ncn[nH]2)cc1. The highest BCUT2D eigenvalue weighted by molar-refractivity contribution is 6.03. The molecule has 1 aliphatic carbocycles. The fourth-order valence-electron chi connectivity index (χ4n) is 6.99. The van der Waals surface area contributed by atoms with Gasteiger partial charge in [-0.3, -0.25) is 9.89 Å². The number of aliphatic hydroxyl groups excluding tert-OH is 6. The minimum atomic E-state index is -2.26. The molecule has 0 radical (unpaired) electrons. The number of rotatable bonds is 12. The molecule has 1 aliphatic heterocycles. The van der Waals surface area contributed by atoms with Crippen molar-refractivity contribution in [2.45, 2.75) is 86.8 Å². The summed E-state index contributed by atoms with van der Waals surface area (Å²) in [6.45, 7) is 0. The Morgan fingerprint density at radius 1 is 0.816 bits per heavy atom. The van der Waals surface area contributed by atoms with E-state index in [1.165, 1.54) is 30.6 Å². The first kappa shape index (κ1) is 34.8. The zero-order valence-corrected chi connectivity index (χ0v) is 26.6. The Morgan fingerprint density at radius 3 is 2.04 bits per heavy atom. The maximum atomic E-state index is 13.7. The molecule has 0 spiro atoms. The minimum absolute atomic E-state index is 0.0865. The van der Waals surface area contributed by atoms with E-state index in [4.69, 9.17) is 0 Å². The van der Waals surface area contributed by atoms with E-state index < -0.39 is 54.0 Å². The largest absolute Gasteiger partial charge is 0.388 e. The van der Waals surface area contributed by atoms with Gasteiger partial charge in [0.05, 0.1) is 18.1 Å². The lowest BCUT2D eigenvalue weighted by atomic mass is 9.72. The number of H-pyrrole nitrogens is 1. The van der Waals surface area contributed by atoms with Crippen molar-refractivity contribution in [2.24, 2.45) is 5.92 Å². The summed E-state index contributed by atoms with van der Waals surface area (Å²) in [4.78, 5) is 19.6. The number of carbonyl (C=O) groups is 1. The summed E-state index contributed by atoms with van der Waals surface area (Å²) < 4.78 is 13.4. The van der Waals surface area contributed by atoms with Gasteiger partial charge >= 0.3 is 0 Å². The number of anilines is 1. The van der Waals surface area contributed by atoms with Crippen molar-refractivity contribution < 1.29 is 44.9 Å². The van der Waals surface area contributed by atoms with Crippen LogP contribution in [0.4, 0.5) is 10.1 Å². The third kappa shape index (κ3) is 7.01. The molecule has 2 aliphatic rings. The lowest BCUT2D eigenvalue weighted by molar-refractivity contribution is -0.269. The number of β-lactam (4-membered cyclic amide) rings is 1. The molecule has 6 unspecified atom stereocenters. The lowest BCUT2D eigenvalue weighted by Gasteiger charge is -2.48. The number of hydrogen-bond donors (Lipinski definition) is 8. The number of aryl methyl sites for hydroxylation is 3. The van der Waals surface area contributed by atoms with Gasteiger partial charge in [-0.15, -0.1) is 0 Å². The van der Waals surface area contributed by atoms with Crippen molar-refractivity contribution in [3.05, 3.63) is 113 Å². The summed E-state index contributed by atoms with van der Waals surface area (Å²) in [5, 5.41) is 79.5. The Labute approximate surface area is 282 Å². The van der Waals surface area contributed by atoms with Crippen molar-refractivity contribution in [3.63, 3.8) is 0 Å². The van der Waals surface area contributed by atoms with Gasteiger partial charge in [0, 0.05) is 12.1 Å². The molecule has 8 N–H and O–H groups in total. The van der Waals surface area contributed by atoms with E-state index in [1.54, 1.807) is 17.0 Å². The van der Waals surface area contributed by atoms with Crippen LogP contribution in [0, 0.1) is 11.7 Å². The Bertz CT molecular complexity index is 1670. The molecule has 1 saturated heterocycles. The van der Waals surface area contributed by atoms with E-state index in [1.807, 2.05) is 36.4 Å². The number of aliphatic hydroxyl groups is 7. The van der Waals surface area contributed by atoms with Crippen molar-refractivity contribution in [3.8, 4) is 0 Å². The fourth-order valence-corrected chi connectivity index (χ4v) is 6.99. The maximum absolute atomic E-state index is 13.7. The molecule has 1 aromatic heterocycles. The number of halogens is 1. The molecule has 2 fully saturated rings. The van der Waals surface area contributed by atoms with Crippen LogP contribution in [0.25, 0.3) is 0 Å². The van der Waals surface area contributed by atoms with Gasteiger partial charge in [0.15, 0.2) is 0 Å². The molecule has 49 heavy (non-hydrogen) atoms. The third-order valence-electron chi connectivity index (χ3n) is 10.1. The molecule has 4 aromatic rings. The number of hydrogen-bond acceptors (Lipinski definition) is 10. The van der Waals surface area contributed by atoms with E-state index in [0.717, 1.165) is 34.6 Å². The maximum Gasteiger partial charge on any atom is 0.233 e. The summed E-state index contributed by atoms with van der Waals surface area (Å²) in [6, 6.07) is 20.4. The number of nitrogens with zero attached hydrogens (tertiary/aromatic N) is 3. The van der Waals surface area contributed by atoms with Crippen molar-refractivity contribution in [1.82, 2.24) is 15.2 Å². The standard InChI is InChI=1S/C36H41FN4O8/c37-24-10-8-22(9-11-24)27(42)15-14-26-29(41(35(26)48)25-12-3-20(4-13-25)5-16-28-38-19-39-40-28)23-6-1-21(2-7-23)17-18-36(49)33(46)31(44)30(43)32(45)34(36)47/h1-4,6-13,19,26-27,29-34,42-47,49H,5,14-18H2,(H,38,39,40)/t26?,27-,29?,30?,31?,32?,33?,34?,36?/m0/s1. The molecule has 1 amide bonds. The molecule has 2 heterocycles. The molecule has 6 rings (SSSR count). The molecule has 7 atom stereocenters. The average molecular weight is 677 g/mol. The van der Waals surface area contributed by atoms with Crippen LogP contribution in [-0.4, -0.2) is 93.0 Å². The van der Waals surface area contributed by atoms with Crippen LogP contribution in [0.1, 0.15) is 59.5 Å². The van der Waals surface area contributed by atoms with Gasteiger partial charge in [-0.05, 0) is 78.6 Å². The topological polar surface area (TPSA) is 203 Å². The van der Waals surface area contributed by atoms with Crippen molar-refractivity contribution in [2.75, 3.05) is 4.90 Å². The van der Waals surface area contributed by atoms with Crippen LogP contribution < -0.4 is 4.90 Å². The van der Waals surface area contributed by atoms with Crippen LogP contribution in [0.5, 0.6) is 0 Å². The van der Waals surface area contributed by atoms with Gasteiger partial charge in [0.1, 0.15) is 54.1 Å². The molecule has 0 bridgehead atoms. The second-order valence-electron chi connectivity index (χ2n) is 13.1. The number of amides is 1. The average Bonchev–Trinajstić information content (AvgIpc) is 3.65. The minimum Gasteiger partial charge on any atom is -0.388 e. The molecule has 1 saturated carbocycles. The molecule has 12 nitrogen and oxygen atoms in total. The van der Waals surface area contributed by atoms with Crippen LogP contribution in [-0.2, 0) is 24.1 Å². The van der Waals surface area contributed by atoms with Gasteiger partial charge in [-0.1, -0.05) is 48.5 Å². The van der Waals surface area contributed by atoms with Gasteiger partial charge in [0.2, 0.25) is 5.91 Å². The zero-order chi connectivity index (χ0) is 34.9. The molecular weight excluding hydrogens is 635 g/mol. The summed E-state index contributed by atoms with van der Waals surface area (Å²) in [5.41, 5.74) is 1.66. The molecular formula is C36H41FN4O8. The van der Waals surface area contributed by atoms with Crippen LogP contribution >= 0.6 is 0 Å². The first-order valence-corrected chi connectivity index (χ1v) is 16.4. The summed E-state index contributed by atoms with van der Waals surface area (Å²) in [5.74, 6) is -0.140. The number of carbonyl (C=O) groups excluding carboxylic acids is 1. The number of nitrogens with one attached hydrogen (secondary N) is 1. The first-order valence-electron chi connectivity index (χ1n) is 16.4. The summed E-state index contributed by atoms with van der Waals surface area (Å²) in [6.07, 6.45) is -6.60. The highest BCUT2D eigenvalue weighted by Gasteiger charge is 2.57. The van der Waals surface area contributed by atoms with E-state index in [9.17, 15) is 44.9 Å². The number of benzene rings is 3. The second-order valence-corrected chi connectivity index (χ2v) is 13.1. The lowest BCUT2D eigenvalue weighted by Crippen LogP contribution is -2.70. The fraction of sp³-hybridized carbons (Fsp3) is 0.417. The van der Waals surface area contributed by atoms with E-state index in [0.29, 0.717) is 24.8 Å². The van der Waals surface area contributed by atoms with Crippen molar-refractivity contribution in [1.29, 1.82) is 0 Å². The Balaban J connectivity index is 1.18. The zero-order valence-electron chi connectivity index (χ0n) is 26.6. The first-order chi connectivity index (χ1) is 23.5. The predicted octanol–water partition coefficient (Wildman–Crippen LogP) is 1.43. The summed E-state index contributed by atoms with van der Waals surface area (Å²) in [7, 11) is 0. The Hall–Kier alpha value is -4.08. The van der Waals surface area contributed by atoms with Crippen LogP contribution in [0.15, 0.2) is 79.1 Å². The van der Waals surface area contributed by atoms with Crippen LogP contribution in [0.3, 0.4) is 0 Å². The second kappa shape index (κ2) is 14.4. The smallest absolute Gasteiger partial charge is 0.233 e. The van der Waals surface area contributed by atoms with Gasteiger partial charge < -0.3 is 40.6 Å². The monoisotopic (exact) mass is 676 g/mol. The summed E-state index contributed by atoms with van der Waals surface area (Å²) >= 11 is 0. The molecule has 260 valence electrons. The quantitative estimate of drug-likeness (QED) is 0.101. The van der Waals surface area contributed by atoms with Crippen molar-refractivity contribution >= 4 is 11.6 Å². The highest BCUT2D eigenvalue weighted by Crippen LogP contribution is 2.46. The van der Waals surface area contributed by atoms with Gasteiger partial charge in [0.25, 0.3) is 0 Å². The van der Waals surface area contributed by atoms with Gasteiger partial charge in [-0.25, -0.2) is 9.37 Å². The molecule has 13 heteroatoms. The Kier molecular flexibility index (Phi) is 10.2.